The molecule has 2 aromatic heterocycles. The van der Waals surface area contributed by atoms with Crippen molar-refractivity contribution in [1.29, 1.82) is 0 Å². The number of hydrogen-bond donors (Lipinski definition) is 2. The van der Waals surface area contributed by atoms with Gasteiger partial charge in [-0.15, -0.1) is 0 Å². The quantitative estimate of drug-likeness (QED) is 0.354. The number of nitrogens with two attached hydrogens (primary N) is 2. The van der Waals surface area contributed by atoms with Crippen molar-refractivity contribution in [2.45, 2.75) is 32.2 Å². The lowest BCUT2D eigenvalue weighted by molar-refractivity contribution is 0.379. The van der Waals surface area contributed by atoms with Crippen molar-refractivity contribution in [3.05, 3.63) is 47.2 Å². The van der Waals surface area contributed by atoms with Crippen LogP contribution in [0.15, 0.2) is 30.4 Å². The van der Waals surface area contributed by atoms with Crippen LogP contribution in [0.5, 0.6) is 0 Å². The van der Waals surface area contributed by atoms with Crippen LogP contribution in [-0.2, 0) is 6.54 Å². The average molecular weight is 407 g/mol. The van der Waals surface area contributed by atoms with Gasteiger partial charge < -0.3 is 15.1 Å². The molecule has 0 bridgehead atoms. The van der Waals surface area contributed by atoms with Crippen LogP contribution in [0, 0.1) is 9.85 Å². The van der Waals surface area contributed by atoms with Gasteiger partial charge in [0.25, 0.3) is 0 Å². The van der Waals surface area contributed by atoms with E-state index in [1.807, 2.05) is 6.20 Å². The minimum Gasteiger partial charge on any atom is -0.401 e. The highest BCUT2D eigenvalue weighted by atomic mass is 127. The molecule has 4 N–H and O–H groups in total. The molecule has 0 unspecified atom stereocenters. The van der Waals surface area contributed by atoms with Crippen LogP contribution in [0.2, 0.25) is 0 Å². The summed E-state index contributed by atoms with van der Waals surface area (Å²) in [6.07, 6.45) is 8.40. The van der Waals surface area contributed by atoms with Gasteiger partial charge in [-0.25, -0.2) is 10.8 Å². The van der Waals surface area contributed by atoms with Gasteiger partial charge in [-0.05, 0) is 41.2 Å². The first-order valence-corrected chi connectivity index (χ1v) is 8.23. The van der Waals surface area contributed by atoms with E-state index in [0.29, 0.717) is 18.2 Å². The molecule has 2 heterocycles. The summed E-state index contributed by atoms with van der Waals surface area (Å²) in [6, 6.07) is 2.17. The Balaban J connectivity index is 1.98. The molecule has 0 atom stereocenters. The Bertz CT molecular complexity index is 788. The number of pyridine rings is 1. The zero-order valence-corrected chi connectivity index (χ0v) is 14.5. The van der Waals surface area contributed by atoms with Gasteiger partial charge >= 0.3 is 0 Å². The van der Waals surface area contributed by atoms with Crippen LogP contribution >= 0.6 is 22.6 Å². The van der Waals surface area contributed by atoms with Crippen LogP contribution in [0.25, 0.3) is 5.65 Å². The molecule has 1 aliphatic rings. The molecule has 0 saturated heterocycles. The SMILES string of the molecule is C/C(N)=C/N(N)Cc1cn2cc(C3CC3)cc(C#CI)c2n1. The Morgan fingerprint density at radius 2 is 2.32 bits per heavy atom. The Labute approximate surface area is 143 Å². The summed E-state index contributed by atoms with van der Waals surface area (Å²) in [5.41, 5.74) is 10.4. The summed E-state index contributed by atoms with van der Waals surface area (Å²) < 4.78 is 5.01. The molecule has 114 valence electrons. The zero-order valence-electron chi connectivity index (χ0n) is 12.4. The summed E-state index contributed by atoms with van der Waals surface area (Å²) in [4.78, 5) is 4.66. The molecule has 0 aliphatic heterocycles. The van der Waals surface area contributed by atoms with Crippen molar-refractivity contribution >= 4 is 28.2 Å². The zero-order chi connectivity index (χ0) is 15.7. The third-order valence-corrected chi connectivity index (χ3v) is 3.84. The lowest BCUT2D eigenvalue weighted by Gasteiger charge is -2.11. The highest BCUT2D eigenvalue weighted by molar-refractivity contribution is 14.1. The van der Waals surface area contributed by atoms with Crippen molar-refractivity contribution < 1.29 is 0 Å². The molecule has 0 aromatic carbocycles. The maximum absolute atomic E-state index is 5.91. The monoisotopic (exact) mass is 407 g/mol. The maximum atomic E-state index is 5.91. The fraction of sp³-hybridized carbons (Fsp3) is 0.312. The number of fused-ring (bicyclic) bond motifs is 1. The number of halogens is 1. The summed E-state index contributed by atoms with van der Waals surface area (Å²) >= 11 is 2.06. The summed E-state index contributed by atoms with van der Waals surface area (Å²) in [5, 5.41) is 1.54. The van der Waals surface area contributed by atoms with Crippen LogP contribution in [0.3, 0.4) is 0 Å². The van der Waals surface area contributed by atoms with Gasteiger partial charge in [0, 0.05) is 46.9 Å². The van der Waals surface area contributed by atoms with Crippen LogP contribution in [-0.4, -0.2) is 14.4 Å². The Hall–Kier alpha value is -1.72. The lowest BCUT2D eigenvalue weighted by Crippen LogP contribution is -2.25. The van der Waals surface area contributed by atoms with E-state index in [4.69, 9.17) is 11.6 Å². The van der Waals surface area contributed by atoms with Crippen molar-refractivity contribution in [1.82, 2.24) is 14.4 Å². The number of rotatable bonds is 4. The molecule has 1 fully saturated rings. The first-order valence-electron chi connectivity index (χ1n) is 7.15. The van der Waals surface area contributed by atoms with Crippen LogP contribution < -0.4 is 11.6 Å². The normalized spacial score (nSPS) is 14.8. The van der Waals surface area contributed by atoms with E-state index < -0.39 is 0 Å². The molecule has 1 saturated carbocycles. The minimum atomic E-state index is 0.506. The van der Waals surface area contributed by atoms with Crippen LogP contribution in [0.4, 0.5) is 0 Å². The molecule has 22 heavy (non-hydrogen) atoms. The van der Waals surface area contributed by atoms with Gasteiger partial charge in [0.1, 0.15) is 0 Å². The largest absolute Gasteiger partial charge is 0.401 e. The number of allylic oxidation sites excluding steroid dienone is 1. The van der Waals surface area contributed by atoms with Gasteiger partial charge in [0.15, 0.2) is 5.65 Å². The van der Waals surface area contributed by atoms with E-state index in [0.717, 1.165) is 16.9 Å². The van der Waals surface area contributed by atoms with E-state index in [1.165, 1.54) is 18.4 Å². The molecule has 0 spiro atoms. The Morgan fingerprint density at radius 3 is 2.95 bits per heavy atom. The topological polar surface area (TPSA) is 72.6 Å². The molecule has 5 nitrogen and oxygen atoms in total. The van der Waals surface area contributed by atoms with Gasteiger partial charge in [-0.3, -0.25) is 0 Å². The second kappa shape index (κ2) is 6.18. The first kappa shape index (κ1) is 15.2. The molecule has 2 aromatic rings. The third kappa shape index (κ3) is 3.36. The van der Waals surface area contributed by atoms with Crippen LogP contribution in [0.1, 0.15) is 42.5 Å². The lowest BCUT2D eigenvalue weighted by atomic mass is 10.1. The first-order chi connectivity index (χ1) is 10.6. The number of imidazole rings is 1. The minimum absolute atomic E-state index is 0.506. The Kier molecular flexibility index (Phi) is 4.27. The number of nitrogens with zero attached hydrogens (tertiary/aromatic N) is 3. The highest BCUT2D eigenvalue weighted by Crippen LogP contribution is 2.40. The summed E-state index contributed by atoms with van der Waals surface area (Å²) in [7, 11) is 0. The molecule has 1 aliphatic carbocycles. The predicted molar refractivity (Wildman–Crippen MR) is 95.7 cm³/mol. The maximum Gasteiger partial charge on any atom is 0.152 e. The molecule has 0 radical (unpaired) electrons. The smallest absolute Gasteiger partial charge is 0.152 e. The van der Waals surface area contributed by atoms with Crippen molar-refractivity contribution in [2.24, 2.45) is 11.6 Å². The molecule has 0 amide bonds. The van der Waals surface area contributed by atoms with E-state index in [2.05, 4.69) is 54.1 Å². The molecular formula is C16H18IN5. The highest BCUT2D eigenvalue weighted by Gasteiger charge is 2.24. The fourth-order valence-corrected chi connectivity index (χ4v) is 2.81. The van der Waals surface area contributed by atoms with E-state index >= 15 is 0 Å². The number of hydrogen-bond acceptors (Lipinski definition) is 4. The molecule has 3 rings (SSSR count). The third-order valence-electron chi connectivity index (χ3n) is 3.57. The van der Waals surface area contributed by atoms with E-state index in [-0.39, 0.29) is 0 Å². The van der Waals surface area contributed by atoms with Crippen molar-refractivity contribution in [3.63, 3.8) is 0 Å². The van der Waals surface area contributed by atoms with Crippen molar-refractivity contribution in [2.75, 3.05) is 0 Å². The second-order valence-electron chi connectivity index (χ2n) is 5.69. The summed E-state index contributed by atoms with van der Waals surface area (Å²) in [5.74, 6) is 9.74. The van der Waals surface area contributed by atoms with E-state index in [9.17, 15) is 0 Å². The average Bonchev–Trinajstić information content (AvgIpc) is 3.19. The molecule has 6 heteroatoms. The standard InChI is InChI=1S/C16H18IN5/c1-11(18)7-22(19)10-15-9-21-8-14(12-2-3-12)6-13(4-5-17)16(21)20-15/h6-9,12H,2-3,10,18-19H2,1H3/b11-7-. The van der Waals surface area contributed by atoms with Gasteiger partial charge in [0.2, 0.25) is 0 Å². The van der Waals surface area contributed by atoms with Gasteiger partial charge in [-0.2, -0.15) is 0 Å². The molecular weight excluding hydrogens is 389 g/mol. The van der Waals surface area contributed by atoms with Crippen molar-refractivity contribution in [3.8, 4) is 9.85 Å². The Morgan fingerprint density at radius 1 is 1.55 bits per heavy atom. The fourth-order valence-electron chi connectivity index (χ4n) is 2.52. The number of hydrazine groups is 1. The van der Waals surface area contributed by atoms with Gasteiger partial charge in [0.05, 0.1) is 17.8 Å². The number of aromatic nitrogens is 2. The summed E-state index contributed by atoms with van der Waals surface area (Å²) in [6.45, 7) is 2.31. The predicted octanol–water partition coefficient (Wildman–Crippen LogP) is 2.45. The second-order valence-corrected chi connectivity index (χ2v) is 6.23. The van der Waals surface area contributed by atoms with Gasteiger partial charge in [-0.1, -0.05) is 5.92 Å². The van der Waals surface area contributed by atoms with E-state index in [1.54, 1.807) is 18.1 Å².